The van der Waals surface area contributed by atoms with Crippen molar-refractivity contribution in [3.63, 3.8) is 0 Å². The summed E-state index contributed by atoms with van der Waals surface area (Å²) < 4.78 is 14.9. The largest absolute Gasteiger partial charge is 0.375 e. The van der Waals surface area contributed by atoms with Crippen LogP contribution in [-0.4, -0.2) is 70.8 Å². The van der Waals surface area contributed by atoms with Gasteiger partial charge in [0.15, 0.2) is 5.78 Å². The van der Waals surface area contributed by atoms with E-state index in [4.69, 9.17) is 9.47 Å². The standard InChI is InChI=1S/C14H26N2O6/c1-11(2)12(17)8-21-6-4-16-14(19)10-22-7-5-15-13(18)9-20-3/h11H,4-10H2,1-3H3,(H,15,18)(H,16,19). The van der Waals surface area contributed by atoms with Crippen LogP contribution in [0.5, 0.6) is 0 Å². The minimum absolute atomic E-state index is 0.000200. The fraction of sp³-hybridized carbons (Fsp3) is 0.786. The van der Waals surface area contributed by atoms with Crippen molar-refractivity contribution >= 4 is 17.6 Å². The molecular formula is C14H26N2O6. The van der Waals surface area contributed by atoms with Gasteiger partial charge in [-0.1, -0.05) is 13.8 Å². The highest BCUT2D eigenvalue weighted by Crippen LogP contribution is 1.93. The molecule has 0 bridgehead atoms. The molecule has 0 atom stereocenters. The summed E-state index contributed by atoms with van der Waals surface area (Å²) in [5.74, 6) is -0.525. The van der Waals surface area contributed by atoms with E-state index < -0.39 is 0 Å². The van der Waals surface area contributed by atoms with E-state index in [0.29, 0.717) is 13.1 Å². The number of ketones is 1. The van der Waals surface area contributed by atoms with Crippen LogP contribution in [-0.2, 0) is 28.6 Å². The average molecular weight is 318 g/mol. The van der Waals surface area contributed by atoms with Gasteiger partial charge in [-0.25, -0.2) is 0 Å². The van der Waals surface area contributed by atoms with Crippen LogP contribution in [0.25, 0.3) is 0 Å². The molecule has 0 fully saturated rings. The Morgan fingerprint density at radius 3 is 1.86 bits per heavy atom. The zero-order valence-corrected chi connectivity index (χ0v) is 13.5. The molecular weight excluding hydrogens is 292 g/mol. The van der Waals surface area contributed by atoms with Crippen molar-refractivity contribution in [1.29, 1.82) is 0 Å². The maximum absolute atomic E-state index is 11.4. The number of Topliss-reactive ketones (excluding diaryl/α,β-unsaturated/α-hetero) is 1. The summed E-state index contributed by atoms with van der Waals surface area (Å²) in [5, 5.41) is 5.16. The molecule has 0 aliphatic carbocycles. The monoisotopic (exact) mass is 318 g/mol. The molecule has 0 heterocycles. The number of carbonyl (C=O) groups excluding carboxylic acids is 3. The first kappa shape index (κ1) is 20.5. The molecule has 0 spiro atoms. The summed E-state index contributed by atoms with van der Waals surface area (Å²) in [6.07, 6.45) is 0. The first-order valence-electron chi connectivity index (χ1n) is 7.18. The molecule has 22 heavy (non-hydrogen) atoms. The lowest BCUT2D eigenvalue weighted by molar-refractivity contribution is -0.127. The minimum atomic E-state index is -0.276. The Morgan fingerprint density at radius 1 is 0.864 bits per heavy atom. The number of amides is 2. The molecule has 8 nitrogen and oxygen atoms in total. The van der Waals surface area contributed by atoms with Crippen LogP contribution in [0.4, 0.5) is 0 Å². The number of carbonyl (C=O) groups is 3. The second-order valence-corrected chi connectivity index (χ2v) is 4.86. The first-order chi connectivity index (χ1) is 10.5. The normalized spacial score (nSPS) is 10.5. The molecule has 0 aromatic carbocycles. The van der Waals surface area contributed by atoms with Crippen molar-refractivity contribution in [2.75, 3.05) is 53.2 Å². The highest BCUT2D eigenvalue weighted by Gasteiger charge is 2.07. The summed E-state index contributed by atoms with van der Waals surface area (Å²) in [7, 11) is 1.43. The van der Waals surface area contributed by atoms with E-state index in [1.807, 2.05) is 13.8 Å². The molecule has 0 aromatic heterocycles. The third-order valence-electron chi connectivity index (χ3n) is 2.53. The van der Waals surface area contributed by atoms with E-state index in [2.05, 4.69) is 15.4 Å². The highest BCUT2D eigenvalue weighted by atomic mass is 16.5. The van der Waals surface area contributed by atoms with Crippen molar-refractivity contribution in [2.24, 2.45) is 5.92 Å². The fourth-order valence-electron chi connectivity index (χ4n) is 1.26. The topological polar surface area (TPSA) is 103 Å². The molecule has 2 amide bonds. The summed E-state index contributed by atoms with van der Waals surface area (Å²) in [5.41, 5.74) is 0. The number of hydrogen-bond donors (Lipinski definition) is 2. The summed E-state index contributed by atoms with van der Waals surface area (Å²) in [4.78, 5) is 33.7. The molecule has 0 rings (SSSR count). The van der Waals surface area contributed by atoms with Crippen molar-refractivity contribution < 1.29 is 28.6 Å². The van der Waals surface area contributed by atoms with Gasteiger partial charge in [0.1, 0.15) is 19.8 Å². The SMILES string of the molecule is COCC(=O)NCCOCC(=O)NCCOCC(=O)C(C)C. The van der Waals surface area contributed by atoms with E-state index in [0.717, 1.165) is 0 Å². The van der Waals surface area contributed by atoms with Crippen molar-refractivity contribution in [2.45, 2.75) is 13.8 Å². The molecule has 0 saturated carbocycles. The van der Waals surface area contributed by atoms with E-state index in [1.54, 1.807) is 0 Å². The Morgan fingerprint density at radius 2 is 1.36 bits per heavy atom. The Balaban J connectivity index is 3.40. The lowest BCUT2D eigenvalue weighted by atomic mass is 10.1. The van der Waals surface area contributed by atoms with Gasteiger partial charge in [-0.15, -0.1) is 0 Å². The second kappa shape index (κ2) is 13.2. The minimum Gasteiger partial charge on any atom is -0.375 e. The highest BCUT2D eigenvalue weighted by molar-refractivity contribution is 5.81. The van der Waals surface area contributed by atoms with Crippen LogP contribution in [0.1, 0.15) is 13.8 Å². The first-order valence-corrected chi connectivity index (χ1v) is 7.18. The van der Waals surface area contributed by atoms with Gasteiger partial charge in [0.2, 0.25) is 11.8 Å². The summed E-state index contributed by atoms with van der Waals surface area (Å²) in [6.45, 7) is 4.73. The quantitative estimate of drug-likeness (QED) is 0.428. The van der Waals surface area contributed by atoms with Gasteiger partial charge in [0.05, 0.1) is 13.2 Å². The van der Waals surface area contributed by atoms with Crippen molar-refractivity contribution in [3.05, 3.63) is 0 Å². The molecule has 0 saturated heterocycles. The van der Waals surface area contributed by atoms with Gasteiger partial charge in [0.25, 0.3) is 0 Å². The van der Waals surface area contributed by atoms with Crippen LogP contribution in [0.15, 0.2) is 0 Å². The van der Waals surface area contributed by atoms with Crippen LogP contribution in [0, 0.1) is 5.92 Å². The van der Waals surface area contributed by atoms with E-state index in [-0.39, 0.29) is 56.5 Å². The number of ether oxygens (including phenoxy) is 3. The molecule has 0 aromatic rings. The van der Waals surface area contributed by atoms with Crippen molar-refractivity contribution in [3.8, 4) is 0 Å². The molecule has 0 unspecified atom stereocenters. The zero-order valence-electron chi connectivity index (χ0n) is 13.5. The Bertz CT molecular complexity index is 346. The van der Waals surface area contributed by atoms with Gasteiger partial charge in [-0.3, -0.25) is 14.4 Å². The number of rotatable bonds is 13. The van der Waals surface area contributed by atoms with Crippen LogP contribution in [0.2, 0.25) is 0 Å². The van der Waals surface area contributed by atoms with Crippen LogP contribution >= 0.6 is 0 Å². The maximum Gasteiger partial charge on any atom is 0.246 e. The summed E-state index contributed by atoms with van der Waals surface area (Å²) >= 11 is 0. The third kappa shape index (κ3) is 12.2. The van der Waals surface area contributed by atoms with Crippen LogP contribution in [0.3, 0.4) is 0 Å². The Labute approximate surface area is 130 Å². The third-order valence-corrected chi connectivity index (χ3v) is 2.53. The van der Waals surface area contributed by atoms with Gasteiger partial charge < -0.3 is 24.8 Å². The van der Waals surface area contributed by atoms with E-state index in [9.17, 15) is 14.4 Å². The molecule has 128 valence electrons. The number of methoxy groups -OCH3 is 1. The second-order valence-electron chi connectivity index (χ2n) is 4.86. The molecule has 0 aliphatic rings. The van der Waals surface area contributed by atoms with Gasteiger partial charge >= 0.3 is 0 Å². The van der Waals surface area contributed by atoms with E-state index >= 15 is 0 Å². The smallest absolute Gasteiger partial charge is 0.246 e. The number of hydrogen-bond acceptors (Lipinski definition) is 6. The lowest BCUT2D eigenvalue weighted by Crippen LogP contribution is -2.33. The van der Waals surface area contributed by atoms with E-state index in [1.165, 1.54) is 7.11 Å². The number of nitrogens with one attached hydrogen (secondary N) is 2. The summed E-state index contributed by atoms with van der Waals surface area (Å²) in [6, 6.07) is 0. The maximum atomic E-state index is 11.4. The van der Waals surface area contributed by atoms with Crippen LogP contribution < -0.4 is 10.6 Å². The fourth-order valence-corrected chi connectivity index (χ4v) is 1.26. The Hall–Kier alpha value is -1.51. The zero-order chi connectivity index (χ0) is 16.8. The predicted octanol–water partition coefficient (Wildman–Crippen LogP) is -0.876. The Kier molecular flexibility index (Phi) is 12.3. The molecule has 8 heteroatoms. The van der Waals surface area contributed by atoms with Crippen molar-refractivity contribution in [1.82, 2.24) is 10.6 Å². The van der Waals surface area contributed by atoms with Gasteiger partial charge in [-0.2, -0.15) is 0 Å². The van der Waals surface area contributed by atoms with Gasteiger partial charge in [-0.05, 0) is 0 Å². The predicted molar refractivity (Wildman–Crippen MR) is 79.4 cm³/mol. The lowest BCUT2D eigenvalue weighted by Gasteiger charge is -2.08. The molecule has 0 aliphatic heterocycles. The molecule has 0 radical (unpaired) electrons. The average Bonchev–Trinajstić information content (AvgIpc) is 2.46. The molecule has 2 N–H and O–H groups in total. The van der Waals surface area contributed by atoms with Gasteiger partial charge in [0, 0.05) is 26.1 Å².